The van der Waals surface area contributed by atoms with Gasteiger partial charge in [0.25, 0.3) is 0 Å². The topological polar surface area (TPSA) is 42.8 Å². The van der Waals surface area contributed by atoms with Gasteiger partial charge in [-0.3, -0.25) is 4.57 Å². The van der Waals surface area contributed by atoms with Crippen LogP contribution in [0, 0.1) is 4.77 Å². The van der Waals surface area contributed by atoms with E-state index in [0.29, 0.717) is 17.2 Å². The zero-order valence-electron chi connectivity index (χ0n) is 12.1. The predicted molar refractivity (Wildman–Crippen MR) is 86.4 cm³/mol. The molecule has 0 aliphatic carbocycles. The SMILES string of the molecule is CCc1ccccc1Cn1c(=S)[nH]c2ccc(OC)nc21. The van der Waals surface area contributed by atoms with Crippen LogP contribution in [-0.2, 0) is 13.0 Å². The summed E-state index contributed by atoms with van der Waals surface area (Å²) in [6.07, 6.45) is 1.00. The van der Waals surface area contributed by atoms with E-state index in [1.54, 1.807) is 7.11 Å². The van der Waals surface area contributed by atoms with Gasteiger partial charge in [-0.1, -0.05) is 31.2 Å². The van der Waals surface area contributed by atoms with E-state index >= 15 is 0 Å². The maximum atomic E-state index is 5.44. The lowest BCUT2D eigenvalue weighted by atomic mass is 10.1. The van der Waals surface area contributed by atoms with E-state index in [1.807, 2.05) is 16.7 Å². The van der Waals surface area contributed by atoms with Crippen LogP contribution >= 0.6 is 12.2 Å². The van der Waals surface area contributed by atoms with Gasteiger partial charge < -0.3 is 9.72 Å². The Labute approximate surface area is 128 Å². The fraction of sp³-hybridized carbons (Fsp3) is 0.250. The van der Waals surface area contributed by atoms with Gasteiger partial charge in [0.15, 0.2) is 10.4 Å². The number of aromatic amines is 1. The van der Waals surface area contributed by atoms with Gasteiger partial charge in [0.2, 0.25) is 5.88 Å². The first kappa shape index (κ1) is 13.8. The average molecular weight is 299 g/mol. The van der Waals surface area contributed by atoms with Crippen LogP contribution in [0.4, 0.5) is 0 Å². The summed E-state index contributed by atoms with van der Waals surface area (Å²) in [5, 5.41) is 0. The van der Waals surface area contributed by atoms with Crippen LogP contribution in [0.25, 0.3) is 11.2 Å². The largest absolute Gasteiger partial charge is 0.481 e. The quantitative estimate of drug-likeness (QED) is 0.747. The lowest BCUT2D eigenvalue weighted by Crippen LogP contribution is -2.04. The lowest BCUT2D eigenvalue weighted by Gasteiger charge is -2.09. The summed E-state index contributed by atoms with van der Waals surface area (Å²) >= 11 is 5.44. The average Bonchev–Trinajstić information content (AvgIpc) is 2.83. The van der Waals surface area contributed by atoms with E-state index in [9.17, 15) is 0 Å². The van der Waals surface area contributed by atoms with Gasteiger partial charge in [-0.15, -0.1) is 0 Å². The van der Waals surface area contributed by atoms with Crippen LogP contribution in [0.15, 0.2) is 36.4 Å². The molecule has 0 bridgehead atoms. The fourth-order valence-electron chi connectivity index (χ4n) is 2.50. The number of rotatable bonds is 4. The van der Waals surface area contributed by atoms with E-state index in [0.717, 1.165) is 17.6 Å². The number of aromatic nitrogens is 3. The van der Waals surface area contributed by atoms with Gasteiger partial charge in [-0.2, -0.15) is 4.98 Å². The summed E-state index contributed by atoms with van der Waals surface area (Å²) in [6, 6.07) is 12.2. The van der Waals surface area contributed by atoms with Crippen molar-refractivity contribution in [2.24, 2.45) is 0 Å². The van der Waals surface area contributed by atoms with Gasteiger partial charge in [-0.25, -0.2) is 0 Å². The highest BCUT2D eigenvalue weighted by molar-refractivity contribution is 7.71. The van der Waals surface area contributed by atoms with E-state index in [4.69, 9.17) is 17.0 Å². The maximum Gasteiger partial charge on any atom is 0.215 e. The minimum Gasteiger partial charge on any atom is -0.481 e. The number of hydrogen-bond acceptors (Lipinski definition) is 3. The molecule has 108 valence electrons. The summed E-state index contributed by atoms with van der Waals surface area (Å²) in [6.45, 7) is 2.87. The Morgan fingerprint density at radius 1 is 1.19 bits per heavy atom. The molecular weight excluding hydrogens is 282 g/mol. The maximum absolute atomic E-state index is 5.44. The summed E-state index contributed by atoms with van der Waals surface area (Å²) in [7, 11) is 1.62. The minimum absolute atomic E-state index is 0.592. The van der Waals surface area contributed by atoms with E-state index in [2.05, 4.69) is 41.2 Å². The van der Waals surface area contributed by atoms with Gasteiger partial charge >= 0.3 is 0 Å². The molecule has 2 aromatic heterocycles. The van der Waals surface area contributed by atoms with Crippen molar-refractivity contribution in [2.45, 2.75) is 19.9 Å². The molecule has 5 heteroatoms. The van der Waals surface area contributed by atoms with Crippen LogP contribution in [0.5, 0.6) is 5.88 Å². The molecule has 0 aliphatic heterocycles. The Bertz CT molecular complexity index is 835. The van der Waals surface area contributed by atoms with Crippen molar-refractivity contribution in [3.63, 3.8) is 0 Å². The highest BCUT2D eigenvalue weighted by Gasteiger charge is 2.09. The standard InChI is InChI=1S/C16H17N3OS/c1-3-11-6-4-5-7-12(11)10-19-15-13(17-16(19)21)8-9-14(18-15)20-2/h4-9H,3,10H2,1-2H3,(H,17,21). The molecule has 3 aromatic rings. The number of hydrogen-bond donors (Lipinski definition) is 1. The molecule has 0 atom stereocenters. The Morgan fingerprint density at radius 2 is 1.95 bits per heavy atom. The third kappa shape index (κ3) is 2.56. The predicted octanol–water partition coefficient (Wildman–Crippen LogP) is 3.71. The van der Waals surface area contributed by atoms with Crippen LogP contribution in [-0.4, -0.2) is 21.6 Å². The molecule has 0 spiro atoms. The minimum atomic E-state index is 0.592. The second-order valence-corrected chi connectivity index (χ2v) is 5.25. The number of fused-ring (bicyclic) bond motifs is 1. The Hall–Kier alpha value is -2.14. The highest BCUT2D eigenvalue weighted by atomic mass is 32.1. The smallest absolute Gasteiger partial charge is 0.215 e. The van der Waals surface area contributed by atoms with Crippen molar-refractivity contribution in [1.29, 1.82) is 0 Å². The number of benzene rings is 1. The third-order valence-corrected chi connectivity index (χ3v) is 3.95. The van der Waals surface area contributed by atoms with Gasteiger partial charge in [0.05, 0.1) is 19.2 Å². The number of aryl methyl sites for hydroxylation is 1. The first-order valence-corrected chi connectivity index (χ1v) is 7.34. The van der Waals surface area contributed by atoms with Crippen molar-refractivity contribution in [1.82, 2.24) is 14.5 Å². The van der Waals surface area contributed by atoms with Crippen LogP contribution in [0.3, 0.4) is 0 Å². The Morgan fingerprint density at radius 3 is 2.67 bits per heavy atom. The summed E-state index contributed by atoms with van der Waals surface area (Å²) in [5.41, 5.74) is 4.35. The van der Waals surface area contributed by atoms with Crippen LogP contribution in [0.2, 0.25) is 0 Å². The zero-order valence-corrected chi connectivity index (χ0v) is 12.9. The molecule has 2 heterocycles. The highest BCUT2D eigenvalue weighted by Crippen LogP contribution is 2.19. The molecule has 0 radical (unpaired) electrons. The molecule has 0 saturated carbocycles. The molecule has 0 amide bonds. The number of ether oxygens (including phenoxy) is 1. The first-order chi connectivity index (χ1) is 10.2. The van der Waals surface area contributed by atoms with Crippen molar-refractivity contribution >= 4 is 23.4 Å². The summed E-state index contributed by atoms with van der Waals surface area (Å²) < 4.78 is 7.90. The van der Waals surface area contributed by atoms with Crippen LogP contribution < -0.4 is 4.74 Å². The van der Waals surface area contributed by atoms with E-state index in [1.165, 1.54) is 11.1 Å². The van der Waals surface area contributed by atoms with Gasteiger partial charge in [0.1, 0.15) is 0 Å². The van der Waals surface area contributed by atoms with Crippen molar-refractivity contribution in [2.75, 3.05) is 7.11 Å². The lowest BCUT2D eigenvalue weighted by molar-refractivity contribution is 0.399. The van der Waals surface area contributed by atoms with Gasteiger partial charge in [0, 0.05) is 6.07 Å². The molecular formula is C16H17N3OS. The van der Waals surface area contributed by atoms with E-state index in [-0.39, 0.29) is 0 Å². The fourth-order valence-corrected chi connectivity index (χ4v) is 2.76. The molecule has 21 heavy (non-hydrogen) atoms. The van der Waals surface area contributed by atoms with Gasteiger partial charge in [-0.05, 0) is 35.8 Å². The molecule has 0 saturated heterocycles. The second kappa shape index (κ2) is 5.69. The van der Waals surface area contributed by atoms with Crippen molar-refractivity contribution in [3.05, 3.63) is 52.3 Å². The first-order valence-electron chi connectivity index (χ1n) is 6.93. The molecule has 3 rings (SSSR count). The number of nitrogens with one attached hydrogen (secondary N) is 1. The number of methoxy groups -OCH3 is 1. The third-order valence-electron chi connectivity index (χ3n) is 3.63. The van der Waals surface area contributed by atoms with Crippen molar-refractivity contribution < 1.29 is 4.74 Å². The monoisotopic (exact) mass is 299 g/mol. The number of H-pyrrole nitrogens is 1. The molecule has 0 aliphatic rings. The summed E-state index contributed by atoms with van der Waals surface area (Å²) in [4.78, 5) is 7.70. The molecule has 1 N–H and O–H groups in total. The Balaban J connectivity index is 2.11. The normalized spacial score (nSPS) is 11.0. The van der Waals surface area contributed by atoms with Crippen LogP contribution in [0.1, 0.15) is 18.1 Å². The van der Waals surface area contributed by atoms with E-state index < -0.39 is 0 Å². The molecule has 0 unspecified atom stereocenters. The number of pyridine rings is 1. The molecule has 1 aromatic carbocycles. The Kier molecular flexibility index (Phi) is 3.75. The zero-order chi connectivity index (χ0) is 14.8. The number of imidazole rings is 1. The molecule has 4 nitrogen and oxygen atoms in total. The summed E-state index contributed by atoms with van der Waals surface area (Å²) in [5.74, 6) is 0.592. The van der Waals surface area contributed by atoms with Crippen molar-refractivity contribution in [3.8, 4) is 5.88 Å². The molecule has 0 fully saturated rings. The number of nitrogens with zero attached hydrogens (tertiary/aromatic N) is 2. The second-order valence-electron chi connectivity index (χ2n) is 4.86.